The Labute approximate surface area is 183 Å². The Bertz CT molecular complexity index is 523. The Morgan fingerprint density at radius 2 is 1.89 bits per heavy atom. The molecule has 9 heteroatoms. The van der Waals surface area contributed by atoms with E-state index in [-0.39, 0.29) is 24.0 Å². The largest absolute Gasteiger partial charge is 0.382 e. The van der Waals surface area contributed by atoms with Crippen LogP contribution < -0.4 is 10.6 Å². The van der Waals surface area contributed by atoms with E-state index in [0.717, 1.165) is 38.6 Å². The number of nitrogens with one attached hydrogen (secondary N) is 2. The van der Waals surface area contributed by atoms with Crippen LogP contribution in [-0.4, -0.2) is 71.4 Å². The normalized spacial score (nSPS) is 17.0. The van der Waals surface area contributed by atoms with Crippen LogP contribution in [0.25, 0.3) is 0 Å². The fourth-order valence-corrected chi connectivity index (χ4v) is 4.52. The van der Waals surface area contributed by atoms with Gasteiger partial charge in [-0.3, -0.25) is 4.99 Å². The third-order valence-corrected chi connectivity index (χ3v) is 6.58. The molecule has 0 atom stereocenters. The lowest BCUT2D eigenvalue weighted by Gasteiger charge is -2.30. The van der Waals surface area contributed by atoms with Crippen molar-refractivity contribution in [3.8, 4) is 0 Å². The summed E-state index contributed by atoms with van der Waals surface area (Å²) in [4.78, 5) is 4.29. The maximum Gasteiger partial charge on any atom is 0.211 e. The highest BCUT2D eigenvalue weighted by atomic mass is 127. The lowest BCUT2D eigenvalue weighted by molar-refractivity contribution is 0.105. The molecule has 7 nitrogen and oxygen atoms in total. The fraction of sp³-hybridized carbons (Fsp3) is 0.944. The van der Waals surface area contributed by atoms with Crippen molar-refractivity contribution in [2.75, 3.05) is 52.7 Å². The number of rotatable bonds is 12. The highest BCUT2D eigenvalue weighted by molar-refractivity contribution is 14.0. The molecule has 1 aliphatic carbocycles. The van der Waals surface area contributed by atoms with Gasteiger partial charge in [0.25, 0.3) is 0 Å². The summed E-state index contributed by atoms with van der Waals surface area (Å²) < 4.78 is 30.3. The Morgan fingerprint density at radius 1 is 1.22 bits per heavy atom. The van der Waals surface area contributed by atoms with Crippen LogP contribution in [-0.2, 0) is 14.8 Å². The minimum atomic E-state index is -3.11. The first-order valence-corrected chi connectivity index (χ1v) is 11.7. The van der Waals surface area contributed by atoms with Crippen LogP contribution in [0.4, 0.5) is 0 Å². The van der Waals surface area contributed by atoms with Crippen LogP contribution in [0.2, 0.25) is 0 Å². The lowest BCUT2D eigenvalue weighted by atomic mass is 9.83. The first kappa shape index (κ1) is 26.9. The first-order valence-electron chi connectivity index (χ1n) is 9.84. The molecule has 0 radical (unpaired) electrons. The highest BCUT2D eigenvalue weighted by Gasteiger charge is 2.33. The van der Waals surface area contributed by atoms with Gasteiger partial charge in [0.15, 0.2) is 5.96 Å². The number of halogens is 1. The van der Waals surface area contributed by atoms with Crippen LogP contribution in [0, 0.1) is 5.41 Å². The molecular weight excluding hydrogens is 479 g/mol. The standard InChI is InChI=1S/C18H38N4O3S.HI/c1-5-22(26(4,23)24)14-9-13-20-17(19-3)21-16-18(10-7-8-11-18)12-15-25-6-2;/h5-16H2,1-4H3,(H2,19,20,21);1H. The molecule has 0 aromatic carbocycles. The highest BCUT2D eigenvalue weighted by Crippen LogP contribution is 2.40. The van der Waals surface area contributed by atoms with Crippen molar-refractivity contribution in [2.24, 2.45) is 10.4 Å². The van der Waals surface area contributed by atoms with Crippen LogP contribution >= 0.6 is 24.0 Å². The zero-order valence-electron chi connectivity index (χ0n) is 17.4. The summed E-state index contributed by atoms with van der Waals surface area (Å²) in [5.74, 6) is 0.787. The van der Waals surface area contributed by atoms with E-state index >= 15 is 0 Å². The summed E-state index contributed by atoms with van der Waals surface area (Å²) in [5, 5.41) is 6.76. The Kier molecular flexibility index (Phi) is 13.9. The van der Waals surface area contributed by atoms with E-state index < -0.39 is 10.0 Å². The number of nitrogens with zero attached hydrogens (tertiary/aromatic N) is 2. The molecule has 0 spiro atoms. The van der Waals surface area contributed by atoms with Crippen molar-refractivity contribution in [1.82, 2.24) is 14.9 Å². The minimum Gasteiger partial charge on any atom is -0.382 e. The molecule has 1 aliphatic rings. The maximum absolute atomic E-state index is 11.6. The van der Waals surface area contributed by atoms with Gasteiger partial charge in [0, 0.05) is 46.4 Å². The molecule has 0 aromatic heterocycles. The summed E-state index contributed by atoms with van der Waals surface area (Å²) >= 11 is 0. The SMILES string of the molecule is CCOCCC1(CNC(=NC)NCCCN(CC)S(C)(=O)=O)CCCC1.I. The second-order valence-corrected chi connectivity index (χ2v) is 9.10. The van der Waals surface area contributed by atoms with Gasteiger partial charge in [-0.25, -0.2) is 12.7 Å². The van der Waals surface area contributed by atoms with E-state index in [1.807, 2.05) is 13.8 Å². The molecular formula is C18H39IN4O3S. The van der Waals surface area contributed by atoms with Gasteiger partial charge in [-0.05, 0) is 38.0 Å². The van der Waals surface area contributed by atoms with Gasteiger partial charge in [-0.1, -0.05) is 19.8 Å². The van der Waals surface area contributed by atoms with E-state index in [2.05, 4.69) is 15.6 Å². The van der Waals surface area contributed by atoms with E-state index in [1.165, 1.54) is 36.2 Å². The predicted molar refractivity (Wildman–Crippen MR) is 123 cm³/mol. The summed E-state index contributed by atoms with van der Waals surface area (Å²) in [6.45, 7) is 8.12. The topological polar surface area (TPSA) is 83.0 Å². The van der Waals surface area contributed by atoms with E-state index in [0.29, 0.717) is 25.0 Å². The average Bonchev–Trinajstić information content (AvgIpc) is 3.05. The molecule has 0 aliphatic heterocycles. The predicted octanol–water partition coefficient (Wildman–Crippen LogP) is 2.43. The Balaban J connectivity index is 0.00000676. The van der Waals surface area contributed by atoms with E-state index in [9.17, 15) is 8.42 Å². The van der Waals surface area contributed by atoms with Gasteiger partial charge in [-0.15, -0.1) is 24.0 Å². The number of hydrogen-bond donors (Lipinski definition) is 2. The smallest absolute Gasteiger partial charge is 0.211 e. The molecule has 0 heterocycles. The number of hydrogen-bond acceptors (Lipinski definition) is 4. The number of sulfonamides is 1. The molecule has 0 amide bonds. The van der Waals surface area contributed by atoms with Gasteiger partial charge in [0.05, 0.1) is 6.26 Å². The Morgan fingerprint density at radius 3 is 2.41 bits per heavy atom. The van der Waals surface area contributed by atoms with Crippen molar-refractivity contribution >= 4 is 40.0 Å². The summed E-state index contributed by atoms with van der Waals surface area (Å²) in [6, 6.07) is 0. The molecule has 1 fully saturated rings. The number of ether oxygens (including phenoxy) is 1. The maximum atomic E-state index is 11.6. The van der Waals surface area contributed by atoms with E-state index in [4.69, 9.17) is 4.74 Å². The quantitative estimate of drug-likeness (QED) is 0.180. The fourth-order valence-electron chi connectivity index (χ4n) is 3.59. The molecule has 1 rings (SSSR count). The Hall–Kier alpha value is -0.130. The third kappa shape index (κ3) is 10.3. The molecule has 0 aromatic rings. The molecule has 2 N–H and O–H groups in total. The van der Waals surface area contributed by atoms with Crippen molar-refractivity contribution in [1.29, 1.82) is 0 Å². The van der Waals surface area contributed by atoms with E-state index in [1.54, 1.807) is 7.05 Å². The second kappa shape index (κ2) is 13.9. The number of aliphatic imine (C=N–C) groups is 1. The zero-order chi connectivity index (χ0) is 19.5. The van der Waals surface area contributed by atoms with Gasteiger partial charge < -0.3 is 15.4 Å². The van der Waals surface area contributed by atoms with Crippen molar-refractivity contribution in [3.05, 3.63) is 0 Å². The lowest BCUT2D eigenvalue weighted by Crippen LogP contribution is -2.44. The third-order valence-electron chi connectivity index (χ3n) is 5.20. The monoisotopic (exact) mass is 518 g/mol. The van der Waals surface area contributed by atoms with Gasteiger partial charge in [-0.2, -0.15) is 0 Å². The average molecular weight is 519 g/mol. The van der Waals surface area contributed by atoms with Gasteiger partial charge in [0.2, 0.25) is 10.0 Å². The van der Waals surface area contributed by atoms with Crippen LogP contribution in [0.5, 0.6) is 0 Å². The van der Waals surface area contributed by atoms with Crippen molar-refractivity contribution < 1.29 is 13.2 Å². The molecule has 0 bridgehead atoms. The van der Waals surface area contributed by atoms with Gasteiger partial charge >= 0.3 is 0 Å². The summed E-state index contributed by atoms with van der Waals surface area (Å²) in [6.07, 6.45) is 8.15. The summed E-state index contributed by atoms with van der Waals surface area (Å²) in [7, 11) is -1.34. The molecule has 27 heavy (non-hydrogen) atoms. The van der Waals surface area contributed by atoms with Gasteiger partial charge in [0.1, 0.15) is 0 Å². The van der Waals surface area contributed by atoms with Crippen LogP contribution in [0.3, 0.4) is 0 Å². The van der Waals surface area contributed by atoms with Crippen LogP contribution in [0.1, 0.15) is 52.4 Å². The zero-order valence-corrected chi connectivity index (χ0v) is 20.6. The number of guanidine groups is 1. The minimum absolute atomic E-state index is 0. The van der Waals surface area contributed by atoms with Crippen LogP contribution in [0.15, 0.2) is 4.99 Å². The molecule has 1 saturated carbocycles. The molecule has 0 saturated heterocycles. The van der Waals surface area contributed by atoms with Crippen molar-refractivity contribution in [2.45, 2.75) is 52.4 Å². The first-order chi connectivity index (χ1) is 12.4. The van der Waals surface area contributed by atoms with Crippen molar-refractivity contribution in [3.63, 3.8) is 0 Å². The second-order valence-electron chi connectivity index (χ2n) is 7.11. The summed E-state index contributed by atoms with van der Waals surface area (Å²) in [5.41, 5.74) is 0.308. The molecule has 162 valence electrons. The molecule has 0 unspecified atom stereocenters.